The highest BCUT2D eigenvalue weighted by atomic mass is 16.5. The number of aliphatic hydroxyl groups excluding tert-OH is 2. The van der Waals surface area contributed by atoms with Crippen molar-refractivity contribution in [3.8, 4) is 23.0 Å². The van der Waals surface area contributed by atoms with Gasteiger partial charge >= 0.3 is 0 Å². The number of Topliss-reactive ketones (excluding diaryl/α,β-unsaturated/α-hetero) is 1. The summed E-state index contributed by atoms with van der Waals surface area (Å²) in [6.07, 6.45) is -0.171. The van der Waals surface area contributed by atoms with Gasteiger partial charge in [-0.3, -0.25) is 19.2 Å². The summed E-state index contributed by atoms with van der Waals surface area (Å²) in [7, 11) is 4.44. The summed E-state index contributed by atoms with van der Waals surface area (Å²) in [4.78, 5) is 52.6. The van der Waals surface area contributed by atoms with Crippen molar-refractivity contribution in [1.29, 1.82) is 0 Å². The lowest BCUT2D eigenvalue weighted by atomic mass is 9.77. The van der Waals surface area contributed by atoms with E-state index in [1.165, 1.54) is 38.4 Å². The van der Waals surface area contributed by atoms with E-state index in [9.17, 15) is 29.4 Å². The average molecular weight is 597 g/mol. The van der Waals surface area contributed by atoms with Crippen LogP contribution in [0, 0.1) is 0 Å². The summed E-state index contributed by atoms with van der Waals surface area (Å²) in [5.74, 6) is -1.26. The maximum Gasteiger partial charge on any atom is 0.290 e. The molecule has 3 N–H and O–H groups in total. The normalized spacial score (nSPS) is 20.1. The van der Waals surface area contributed by atoms with Gasteiger partial charge in [-0.25, -0.2) is 0 Å². The Hall–Kier alpha value is -4.42. The highest BCUT2D eigenvalue weighted by Crippen LogP contribution is 2.51. The van der Waals surface area contributed by atoms with Crippen LogP contribution in [-0.2, 0) is 20.8 Å². The molecule has 0 bridgehead atoms. The number of ketones is 1. The number of nitrogens with zero attached hydrogens (tertiary/aromatic N) is 1. The largest absolute Gasteiger partial charge is 0.497 e. The Morgan fingerprint density at radius 2 is 1.81 bits per heavy atom. The average Bonchev–Trinajstić information content (AvgIpc) is 3.43. The molecule has 4 unspecified atom stereocenters. The third-order valence-corrected chi connectivity index (χ3v) is 7.70. The molecule has 230 valence electrons. The minimum Gasteiger partial charge on any atom is -0.497 e. The molecule has 2 amide bonds. The van der Waals surface area contributed by atoms with Gasteiger partial charge in [0.15, 0.2) is 11.5 Å². The standard InChI is InChI=1S/C31H36N2O10/c1-5-23(36)31(39)33(10-8-18-14-19(40-2)6-7-24(18)41-3)22-15-21(30(38)32-9-11-34)26-20-12-17(16-35)13-25(42-4)28(20)43-29(26)27(22)37/h6-7,12-16,22,26-27,29,34,37H,5,8-11H2,1-4H3,(H,32,38). The number of carbonyl (C=O) groups excluding carboxylic acids is 4. The number of carbonyl (C=O) groups is 4. The van der Waals surface area contributed by atoms with Crippen LogP contribution in [0.25, 0.3) is 0 Å². The third-order valence-electron chi connectivity index (χ3n) is 7.70. The lowest BCUT2D eigenvalue weighted by molar-refractivity contribution is -0.148. The summed E-state index contributed by atoms with van der Waals surface area (Å²) in [6.45, 7) is 1.20. The number of aldehydes is 1. The van der Waals surface area contributed by atoms with Gasteiger partial charge < -0.3 is 39.4 Å². The van der Waals surface area contributed by atoms with E-state index in [2.05, 4.69) is 5.32 Å². The van der Waals surface area contributed by atoms with E-state index >= 15 is 0 Å². The molecule has 4 rings (SSSR count). The van der Waals surface area contributed by atoms with Gasteiger partial charge in [-0.1, -0.05) is 6.92 Å². The molecule has 0 aromatic heterocycles. The predicted molar refractivity (Wildman–Crippen MR) is 154 cm³/mol. The summed E-state index contributed by atoms with van der Waals surface area (Å²) >= 11 is 0. The number of ether oxygens (including phenoxy) is 4. The molecule has 4 atom stereocenters. The first-order chi connectivity index (χ1) is 20.7. The Kier molecular flexibility index (Phi) is 10.0. The number of hydrogen-bond donors (Lipinski definition) is 3. The lowest BCUT2D eigenvalue weighted by Crippen LogP contribution is -2.57. The van der Waals surface area contributed by atoms with Gasteiger partial charge in [-0.2, -0.15) is 0 Å². The third kappa shape index (κ3) is 6.20. The number of nitrogens with one attached hydrogen (secondary N) is 1. The molecule has 2 aliphatic rings. The fourth-order valence-corrected chi connectivity index (χ4v) is 5.57. The number of rotatable bonds is 13. The van der Waals surface area contributed by atoms with E-state index in [0.717, 1.165) is 0 Å². The van der Waals surface area contributed by atoms with Crippen LogP contribution in [0.3, 0.4) is 0 Å². The molecule has 0 radical (unpaired) electrons. The SMILES string of the molecule is CCC(=O)C(=O)N(CCc1cc(OC)ccc1OC)C1C=C(C(=O)NCCO)C2c3cc(C=O)cc(OC)c3OC2C1O. The molecular formula is C31H36N2O10. The Labute approximate surface area is 249 Å². The number of amides is 2. The van der Waals surface area contributed by atoms with Crippen LogP contribution in [0.15, 0.2) is 42.0 Å². The molecule has 1 aliphatic carbocycles. The maximum absolute atomic E-state index is 13.5. The highest BCUT2D eigenvalue weighted by Gasteiger charge is 2.51. The Balaban J connectivity index is 1.80. The minimum atomic E-state index is -1.38. The van der Waals surface area contributed by atoms with Crippen molar-refractivity contribution in [2.45, 2.75) is 43.9 Å². The molecule has 0 saturated carbocycles. The Bertz CT molecular complexity index is 1420. The van der Waals surface area contributed by atoms with Crippen molar-refractivity contribution in [3.63, 3.8) is 0 Å². The molecule has 2 aromatic rings. The second-order valence-electron chi connectivity index (χ2n) is 10.1. The van der Waals surface area contributed by atoms with Gasteiger partial charge in [-0.15, -0.1) is 0 Å². The van der Waals surface area contributed by atoms with E-state index in [4.69, 9.17) is 18.9 Å². The summed E-state index contributed by atoms with van der Waals surface area (Å²) in [5, 5.41) is 23.7. The van der Waals surface area contributed by atoms with Crippen LogP contribution in [0.4, 0.5) is 0 Å². The molecule has 12 nitrogen and oxygen atoms in total. The smallest absolute Gasteiger partial charge is 0.290 e. The minimum absolute atomic E-state index is 0.0131. The monoisotopic (exact) mass is 596 g/mol. The van der Waals surface area contributed by atoms with Crippen molar-refractivity contribution in [2.75, 3.05) is 41.0 Å². The second-order valence-corrected chi connectivity index (χ2v) is 10.1. The first kappa shape index (κ1) is 31.5. The van der Waals surface area contributed by atoms with Gasteiger partial charge in [0.25, 0.3) is 5.91 Å². The number of hydrogen-bond acceptors (Lipinski definition) is 10. The molecule has 1 heterocycles. The van der Waals surface area contributed by atoms with Crippen LogP contribution in [0.2, 0.25) is 0 Å². The maximum atomic E-state index is 13.5. The van der Waals surface area contributed by atoms with Gasteiger partial charge in [0.2, 0.25) is 11.7 Å². The highest BCUT2D eigenvalue weighted by molar-refractivity contribution is 6.36. The molecule has 0 spiro atoms. The van der Waals surface area contributed by atoms with E-state index in [-0.39, 0.29) is 55.2 Å². The second kappa shape index (κ2) is 13.7. The van der Waals surface area contributed by atoms with E-state index < -0.39 is 41.8 Å². The number of methoxy groups -OCH3 is 3. The van der Waals surface area contributed by atoms with Crippen LogP contribution >= 0.6 is 0 Å². The number of benzene rings is 2. The topological polar surface area (TPSA) is 161 Å². The van der Waals surface area contributed by atoms with Crippen molar-refractivity contribution >= 4 is 23.9 Å². The van der Waals surface area contributed by atoms with Crippen LogP contribution in [0.1, 0.15) is 40.7 Å². The van der Waals surface area contributed by atoms with Crippen LogP contribution in [0.5, 0.6) is 23.0 Å². The van der Waals surface area contributed by atoms with Crippen LogP contribution < -0.4 is 24.3 Å². The predicted octanol–water partition coefficient (Wildman–Crippen LogP) is 1.20. The quantitative estimate of drug-likeness (QED) is 0.226. The fraction of sp³-hybridized carbons (Fsp3) is 0.419. The first-order valence-corrected chi connectivity index (χ1v) is 13.9. The summed E-state index contributed by atoms with van der Waals surface area (Å²) < 4.78 is 22.4. The molecule has 1 aliphatic heterocycles. The first-order valence-electron chi connectivity index (χ1n) is 13.9. The molecule has 43 heavy (non-hydrogen) atoms. The summed E-state index contributed by atoms with van der Waals surface area (Å²) in [5.41, 5.74) is 1.59. The number of aliphatic hydroxyl groups is 2. The molecular weight excluding hydrogens is 560 g/mol. The lowest BCUT2D eigenvalue weighted by Gasteiger charge is -2.40. The molecule has 0 fully saturated rings. The molecule has 12 heteroatoms. The van der Waals surface area contributed by atoms with Gasteiger partial charge in [0, 0.05) is 36.2 Å². The van der Waals surface area contributed by atoms with E-state index in [1.54, 1.807) is 31.2 Å². The zero-order chi connectivity index (χ0) is 31.3. The Morgan fingerprint density at radius 3 is 2.44 bits per heavy atom. The zero-order valence-electron chi connectivity index (χ0n) is 24.5. The van der Waals surface area contributed by atoms with Crippen molar-refractivity contribution in [2.24, 2.45) is 0 Å². The zero-order valence-corrected chi connectivity index (χ0v) is 24.5. The summed E-state index contributed by atoms with van der Waals surface area (Å²) in [6, 6.07) is 7.13. The Morgan fingerprint density at radius 1 is 1.07 bits per heavy atom. The van der Waals surface area contributed by atoms with Gasteiger partial charge in [-0.05, 0) is 48.4 Å². The number of fused-ring (bicyclic) bond motifs is 3. The fourth-order valence-electron chi connectivity index (χ4n) is 5.57. The van der Waals surface area contributed by atoms with Crippen molar-refractivity contribution < 1.29 is 48.3 Å². The van der Waals surface area contributed by atoms with E-state index in [1.807, 2.05) is 0 Å². The van der Waals surface area contributed by atoms with Gasteiger partial charge in [0.05, 0.1) is 39.9 Å². The van der Waals surface area contributed by atoms with E-state index in [0.29, 0.717) is 28.9 Å². The molecule has 2 aromatic carbocycles. The van der Waals surface area contributed by atoms with Crippen molar-refractivity contribution in [1.82, 2.24) is 10.2 Å². The van der Waals surface area contributed by atoms with Gasteiger partial charge in [0.1, 0.15) is 30.0 Å². The van der Waals surface area contributed by atoms with Crippen LogP contribution in [-0.4, -0.2) is 98.3 Å². The molecule has 0 saturated heterocycles. The van der Waals surface area contributed by atoms with Crippen molar-refractivity contribution in [3.05, 3.63) is 58.7 Å².